The van der Waals surface area contributed by atoms with Gasteiger partial charge in [0.15, 0.2) is 0 Å². The van der Waals surface area contributed by atoms with Crippen LogP contribution in [0, 0.1) is 0 Å². The van der Waals surface area contributed by atoms with Crippen molar-refractivity contribution in [2.24, 2.45) is 0 Å². The number of benzene rings is 1. The normalized spacial score (nSPS) is 15.1. The van der Waals surface area contributed by atoms with Crippen molar-refractivity contribution in [1.29, 1.82) is 0 Å². The number of nitrogens with zero attached hydrogens (tertiary/aromatic N) is 4. The molecule has 0 unspecified atom stereocenters. The molecule has 6 nitrogen and oxygen atoms in total. The van der Waals surface area contributed by atoms with Gasteiger partial charge in [0.1, 0.15) is 5.82 Å². The van der Waals surface area contributed by atoms with E-state index < -0.39 is 0 Å². The molecule has 1 aliphatic rings. The number of piperazine rings is 1. The van der Waals surface area contributed by atoms with Gasteiger partial charge >= 0.3 is 0 Å². The van der Waals surface area contributed by atoms with E-state index in [9.17, 15) is 0 Å². The minimum atomic E-state index is 0.623. The number of hydrogen-bond acceptors (Lipinski definition) is 6. The first kappa shape index (κ1) is 18.5. The third-order valence-corrected chi connectivity index (χ3v) is 4.73. The molecule has 0 saturated carbocycles. The first-order valence-electron chi connectivity index (χ1n) is 9.62. The summed E-state index contributed by atoms with van der Waals surface area (Å²) in [5, 5.41) is 6.65. The summed E-state index contributed by atoms with van der Waals surface area (Å²) in [6.07, 6.45) is 5.42. The van der Waals surface area contributed by atoms with Crippen LogP contribution in [0.1, 0.15) is 26.2 Å². The van der Waals surface area contributed by atoms with Crippen LogP contribution in [0.3, 0.4) is 0 Å². The minimum Gasteiger partial charge on any atom is -0.370 e. The smallest absolute Gasteiger partial charge is 0.229 e. The number of rotatable bonds is 8. The van der Waals surface area contributed by atoms with Crippen molar-refractivity contribution in [3.8, 4) is 0 Å². The standard InChI is InChI=1S/C20H30N6/c1-3-4-5-11-21-19-10-12-22-20(24-19)23-17-6-8-18(9-7-17)26-15-13-25(2)14-16-26/h6-10,12H,3-5,11,13-16H2,1-2H3,(H2,21,22,23,24). The van der Waals surface area contributed by atoms with Gasteiger partial charge in [-0.05, 0) is 43.8 Å². The maximum Gasteiger partial charge on any atom is 0.229 e. The molecule has 140 valence electrons. The quantitative estimate of drug-likeness (QED) is 0.707. The second-order valence-corrected chi connectivity index (χ2v) is 6.86. The lowest BCUT2D eigenvalue weighted by molar-refractivity contribution is 0.313. The van der Waals surface area contributed by atoms with Gasteiger partial charge in [0.05, 0.1) is 0 Å². The maximum absolute atomic E-state index is 4.54. The molecule has 6 heteroatoms. The van der Waals surface area contributed by atoms with Crippen LogP contribution in [0.2, 0.25) is 0 Å². The molecule has 1 saturated heterocycles. The topological polar surface area (TPSA) is 56.3 Å². The van der Waals surface area contributed by atoms with E-state index in [-0.39, 0.29) is 0 Å². The molecule has 2 heterocycles. The molecule has 3 rings (SSSR count). The molecular weight excluding hydrogens is 324 g/mol. The van der Waals surface area contributed by atoms with E-state index in [0.717, 1.165) is 50.6 Å². The molecule has 0 spiro atoms. The third-order valence-electron chi connectivity index (χ3n) is 4.73. The summed E-state index contributed by atoms with van der Waals surface area (Å²) in [5.41, 5.74) is 2.28. The van der Waals surface area contributed by atoms with E-state index in [1.807, 2.05) is 6.07 Å². The zero-order valence-corrected chi connectivity index (χ0v) is 15.9. The lowest BCUT2D eigenvalue weighted by atomic mass is 10.2. The number of nitrogens with one attached hydrogen (secondary N) is 2. The Morgan fingerprint density at radius 2 is 1.77 bits per heavy atom. The van der Waals surface area contributed by atoms with E-state index in [1.165, 1.54) is 18.5 Å². The predicted molar refractivity (Wildman–Crippen MR) is 109 cm³/mol. The lowest BCUT2D eigenvalue weighted by Crippen LogP contribution is -2.44. The molecule has 0 amide bonds. The van der Waals surface area contributed by atoms with Crippen LogP contribution in [0.15, 0.2) is 36.5 Å². The molecule has 1 aromatic carbocycles. The van der Waals surface area contributed by atoms with E-state index in [2.05, 4.69) is 68.6 Å². The number of hydrogen-bond donors (Lipinski definition) is 2. The Morgan fingerprint density at radius 1 is 1.00 bits per heavy atom. The van der Waals surface area contributed by atoms with Crippen molar-refractivity contribution in [1.82, 2.24) is 14.9 Å². The van der Waals surface area contributed by atoms with Gasteiger partial charge in [0, 0.05) is 50.3 Å². The largest absolute Gasteiger partial charge is 0.370 e. The SMILES string of the molecule is CCCCCNc1ccnc(Nc2ccc(N3CCN(C)CC3)cc2)n1. The molecule has 2 aromatic rings. The van der Waals surface area contributed by atoms with E-state index in [1.54, 1.807) is 6.20 Å². The monoisotopic (exact) mass is 354 g/mol. The second-order valence-electron chi connectivity index (χ2n) is 6.86. The Labute approximate surface area is 156 Å². The van der Waals surface area contributed by atoms with Crippen molar-refractivity contribution in [3.05, 3.63) is 36.5 Å². The highest BCUT2D eigenvalue weighted by Crippen LogP contribution is 2.21. The summed E-state index contributed by atoms with van der Waals surface area (Å²) >= 11 is 0. The molecule has 26 heavy (non-hydrogen) atoms. The molecule has 1 aliphatic heterocycles. The zero-order chi connectivity index (χ0) is 18.2. The molecule has 2 N–H and O–H groups in total. The molecule has 1 fully saturated rings. The van der Waals surface area contributed by atoms with Crippen LogP contribution in [0.4, 0.5) is 23.1 Å². The highest BCUT2D eigenvalue weighted by molar-refractivity contribution is 5.60. The van der Waals surface area contributed by atoms with Crippen LogP contribution in [0.25, 0.3) is 0 Å². The van der Waals surface area contributed by atoms with Gasteiger partial charge in [-0.15, -0.1) is 0 Å². The Hall–Kier alpha value is -2.34. The van der Waals surface area contributed by atoms with Crippen molar-refractivity contribution < 1.29 is 0 Å². The Morgan fingerprint density at radius 3 is 2.50 bits per heavy atom. The molecule has 0 aliphatic carbocycles. The van der Waals surface area contributed by atoms with Gasteiger partial charge in [-0.1, -0.05) is 19.8 Å². The predicted octanol–water partition coefficient (Wildman–Crippen LogP) is 3.57. The molecule has 0 bridgehead atoms. The summed E-state index contributed by atoms with van der Waals surface area (Å²) < 4.78 is 0. The van der Waals surface area contributed by atoms with E-state index in [4.69, 9.17) is 0 Å². The summed E-state index contributed by atoms with van der Waals surface area (Å²) in [4.78, 5) is 13.7. The van der Waals surface area contributed by atoms with Crippen molar-refractivity contribution in [3.63, 3.8) is 0 Å². The fraction of sp³-hybridized carbons (Fsp3) is 0.500. The van der Waals surface area contributed by atoms with Gasteiger partial charge in [-0.2, -0.15) is 4.98 Å². The fourth-order valence-electron chi connectivity index (χ4n) is 3.06. The van der Waals surface area contributed by atoms with E-state index in [0.29, 0.717) is 5.95 Å². The molecule has 0 radical (unpaired) electrons. The first-order chi connectivity index (χ1) is 12.7. The molecule has 0 atom stereocenters. The van der Waals surface area contributed by atoms with Crippen LogP contribution in [-0.4, -0.2) is 54.6 Å². The van der Waals surface area contributed by atoms with Crippen molar-refractivity contribution >= 4 is 23.1 Å². The van der Waals surface area contributed by atoms with Crippen molar-refractivity contribution in [2.45, 2.75) is 26.2 Å². The van der Waals surface area contributed by atoms with Crippen molar-refractivity contribution in [2.75, 3.05) is 55.3 Å². The highest BCUT2D eigenvalue weighted by atomic mass is 15.2. The fourth-order valence-corrected chi connectivity index (χ4v) is 3.06. The minimum absolute atomic E-state index is 0.623. The summed E-state index contributed by atoms with van der Waals surface area (Å²) in [6.45, 7) is 7.56. The Kier molecular flexibility index (Phi) is 6.66. The number of anilines is 4. The number of likely N-dealkylation sites (N-methyl/N-ethyl adjacent to an activating group) is 1. The zero-order valence-electron chi connectivity index (χ0n) is 15.9. The summed E-state index contributed by atoms with van der Waals surface area (Å²) in [5.74, 6) is 1.49. The van der Waals surface area contributed by atoms with E-state index >= 15 is 0 Å². The van der Waals surface area contributed by atoms with Crippen LogP contribution in [-0.2, 0) is 0 Å². The van der Waals surface area contributed by atoms with Gasteiger partial charge in [0.25, 0.3) is 0 Å². The summed E-state index contributed by atoms with van der Waals surface area (Å²) in [7, 11) is 2.18. The van der Waals surface area contributed by atoms with Crippen LogP contribution < -0.4 is 15.5 Å². The average molecular weight is 355 g/mol. The Bertz CT molecular complexity index is 664. The van der Waals surface area contributed by atoms with Gasteiger partial charge < -0.3 is 20.4 Å². The van der Waals surface area contributed by atoms with Crippen LogP contribution in [0.5, 0.6) is 0 Å². The average Bonchev–Trinajstić information content (AvgIpc) is 2.67. The lowest BCUT2D eigenvalue weighted by Gasteiger charge is -2.34. The van der Waals surface area contributed by atoms with Gasteiger partial charge in [-0.3, -0.25) is 0 Å². The molecular formula is C20H30N6. The highest BCUT2D eigenvalue weighted by Gasteiger charge is 2.14. The summed E-state index contributed by atoms with van der Waals surface area (Å²) in [6, 6.07) is 10.4. The molecule has 1 aromatic heterocycles. The van der Waals surface area contributed by atoms with Crippen LogP contribution >= 0.6 is 0 Å². The maximum atomic E-state index is 4.54. The number of aromatic nitrogens is 2. The third kappa shape index (κ3) is 5.33. The second kappa shape index (κ2) is 9.38. The number of unbranched alkanes of at least 4 members (excludes halogenated alkanes) is 2. The van der Waals surface area contributed by atoms with Gasteiger partial charge in [0.2, 0.25) is 5.95 Å². The van der Waals surface area contributed by atoms with Gasteiger partial charge in [-0.25, -0.2) is 4.98 Å². The first-order valence-corrected chi connectivity index (χ1v) is 9.62. The Balaban J connectivity index is 1.55.